The lowest BCUT2D eigenvalue weighted by Gasteiger charge is -2.27. The van der Waals surface area contributed by atoms with Crippen molar-refractivity contribution >= 4 is 0 Å². The predicted octanol–water partition coefficient (Wildman–Crippen LogP) is -1.02. The van der Waals surface area contributed by atoms with Gasteiger partial charge in [-0.1, -0.05) is 0 Å². The Hall–Kier alpha value is -0.160. The van der Waals surface area contributed by atoms with Gasteiger partial charge in [0.05, 0.1) is 0 Å². The second-order valence-corrected chi connectivity index (χ2v) is 3.21. The standard InChI is InChI=1S/C8H18N2O2/c11-8(12)2-1-5-10-6-3-9-4-7-10/h8-9,11-12H,1-7H2. The first kappa shape index (κ1) is 9.92. The third-order valence-electron chi connectivity index (χ3n) is 2.15. The summed E-state index contributed by atoms with van der Waals surface area (Å²) < 4.78 is 0. The monoisotopic (exact) mass is 174 g/mol. The maximum atomic E-state index is 8.61. The van der Waals surface area contributed by atoms with Crippen LogP contribution in [0.3, 0.4) is 0 Å². The van der Waals surface area contributed by atoms with Crippen LogP contribution in [0, 0.1) is 0 Å². The fourth-order valence-corrected chi connectivity index (χ4v) is 1.43. The molecule has 0 radical (unpaired) electrons. The highest BCUT2D eigenvalue weighted by Gasteiger charge is 2.08. The molecule has 0 aromatic rings. The van der Waals surface area contributed by atoms with Gasteiger partial charge in [-0.25, -0.2) is 0 Å². The molecule has 0 aromatic carbocycles. The Morgan fingerprint density at radius 2 is 1.92 bits per heavy atom. The van der Waals surface area contributed by atoms with Crippen LogP contribution in [0.1, 0.15) is 12.8 Å². The van der Waals surface area contributed by atoms with Crippen LogP contribution in [0.2, 0.25) is 0 Å². The van der Waals surface area contributed by atoms with Crippen LogP contribution in [0.5, 0.6) is 0 Å². The molecule has 12 heavy (non-hydrogen) atoms. The van der Waals surface area contributed by atoms with Crippen molar-refractivity contribution in [3.63, 3.8) is 0 Å². The molecule has 1 rings (SSSR count). The zero-order valence-corrected chi connectivity index (χ0v) is 7.37. The number of nitrogens with one attached hydrogen (secondary N) is 1. The minimum atomic E-state index is -1.13. The Labute approximate surface area is 73.2 Å². The molecule has 0 aromatic heterocycles. The number of hydrogen-bond donors (Lipinski definition) is 3. The van der Waals surface area contributed by atoms with Crippen molar-refractivity contribution in [2.75, 3.05) is 32.7 Å². The van der Waals surface area contributed by atoms with E-state index in [1.807, 2.05) is 0 Å². The number of aliphatic hydroxyl groups excluding tert-OH is 1. The topological polar surface area (TPSA) is 55.7 Å². The summed E-state index contributed by atoms with van der Waals surface area (Å²) in [5, 5.41) is 20.5. The molecule has 4 heteroatoms. The molecule has 0 spiro atoms. The first-order valence-electron chi connectivity index (χ1n) is 4.58. The predicted molar refractivity (Wildman–Crippen MR) is 46.8 cm³/mol. The summed E-state index contributed by atoms with van der Waals surface area (Å²) in [6.07, 6.45) is 0.231. The van der Waals surface area contributed by atoms with Crippen LogP contribution >= 0.6 is 0 Å². The average Bonchev–Trinajstić information content (AvgIpc) is 2.05. The second kappa shape index (κ2) is 5.48. The summed E-state index contributed by atoms with van der Waals surface area (Å²) in [5.74, 6) is 0. The zero-order valence-electron chi connectivity index (χ0n) is 7.37. The molecule has 0 unspecified atom stereocenters. The van der Waals surface area contributed by atoms with E-state index < -0.39 is 6.29 Å². The fraction of sp³-hybridized carbons (Fsp3) is 1.00. The molecule has 0 saturated carbocycles. The minimum Gasteiger partial charge on any atom is -0.368 e. The molecule has 1 aliphatic heterocycles. The van der Waals surface area contributed by atoms with Crippen LogP contribution in [-0.4, -0.2) is 54.1 Å². The molecule has 4 nitrogen and oxygen atoms in total. The summed E-state index contributed by atoms with van der Waals surface area (Å²) in [6, 6.07) is 0. The molecule has 72 valence electrons. The molecule has 0 atom stereocenters. The molecule has 1 fully saturated rings. The number of aliphatic hydroxyl groups is 2. The van der Waals surface area contributed by atoms with E-state index in [1.165, 1.54) is 0 Å². The van der Waals surface area contributed by atoms with Crippen molar-refractivity contribution in [3.05, 3.63) is 0 Å². The third kappa shape index (κ3) is 4.01. The summed E-state index contributed by atoms with van der Waals surface area (Å²) in [4.78, 5) is 2.35. The van der Waals surface area contributed by atoms with Crippen molar-refractivity contribution in [3.8, 4) is 0 Å². The van der Waals surface area contributed by atoms with Crippen molar-refractivity contribution in [2.24, 2.45) is 0 Å². The quantitative estimate of drug-likeness (QED) is 0.478. The van der Waals surface area contributed by atoms with E-state index in [0.29, 0.717) is 6.42 Å². The minimum absolute atomic E-state index is 0.490. The summed E-state index contributed by atoms with van der Waals surface area (Å²) in [7, 11) is 0. The van der Waals surface area contributed by atoms with Gasteiger partial charge in [-0.3, -0.25) is 0 Å². The first-order chi connectivity index (χ1) is 5.79. The fourth-order valence-electron chi connectivity index (χ4n) is 1.43. The zero-order chi connectivity index (χ0) is 8.81. The second-order valence-electron chi connectivity index (χ2n) is 3.21. The van der Waals surface area contributed by atoms with Crippen LogP contribution in [0.25, 0.3) is 0 Å². The molecule has 1 aliphatic rings. The summed E-state index contributed by atoms with van der Waals surface area (Å²) >= 11 is 0. The van der Waals surface area contributed by atoms with E-state index >= 15 is 0 Å². The lowest BCUT2D eigenvalue weighted by atomic mass is 10.2. The van der Waals surface area contributed by atoms with Crippen molar-refractivity contribution in [1.82, 2.24) is 10.2 Å². The molecule has 3 N–H and O–H groups in total. The maximum Gasteiger partial charge on any atom is 0.151 e. The molecule has 1 saturated heterocycles. The van der Waals surface area contributed by atoms with E-state index in [1.54, 1.807) is 0 Å². The van der Waals surface area contributed by atoms with Gasteiger partial charge in [-0.2, -0.15) is 0 Å². The number of piperazine rings is 1. The van der Waals surface area contributed by atoms with Crippen molar-refractivity contribution in [2.45, 2.75) is 19.1 Å². The van der Waals surface area contributed by atoms with E-state index in [2.05, 4.69) is 10.2 Å². The van der Waals surface area contributed by atoms with E-state index in [9.17, 15) is 0 Å². The van der Waals surface area contributed by atoms with Crippen LogP contribution in [0.4, 0.5) is 0 Å². The van der Waals surface area contributed by atoms with Gasteiger partial charge in [-0.15, -0.1) is 0 Å². The highest BCUT2D eigenvalue weighted by atomic mass is 16.5. The SMILES string of the molecule is OC(O)CCCN1CCNCC1. The van der Waals surface area contributed by atoms with Crippen molar-refractivity contribution in [1.29, 1.82) is 0 Å². The summed E-state index contributed by atoms with van der Waals surface area (Å²) in [6.45, 7) is 5.27. The summed E-state index contributed by atoms with van der Waals surface area (Å²) in [5.41, 5.74) is 0. The van der Waals surface area contributed by atoms with Gasteiger partial charge in [0.15, 0.2) is 6.29 Å². The number of nitrogens with zero attached hydrogens (tertiary/aromatic N) is 1. The lowest BCUT2D eigenvalue weighted by Crippen LogP contribution is -2.43. The van der Waals surface area contributed by atoms with Gasteiger partial charge in [-0.05, 0) is 19.4 Å². The highest BCUT2D eigenvalue weighted by Crippen LogP contribution is 1.98. The Balaban J connectivity index is 1.98. The number of rotatable bonds is 4. The molecule has 0 amide bonds. The molecule has 0 aliphatic carbocycles. The van der Waals surface area contributed by atoms with Crippen LogP contribution in [0.15, 0.2) is 0 Å². The van der Waals surface area contributed by atoms with Gasteiger partial charge in [0.25, 0.3) is 0 Å². The molecule has 0 bridgehead atoms. The Morgan fingerprint density at radius 1 is 1.25 bits per heavy atom. The molecular weight excluding hydrogens is 156 g/mol. The largest absolute Gasteiger partial charge is 0.368 e. The normalized spacial score (nSPS) is 20.2. The van der Waals surface area contributed by atoms with Crippen LogP contribution in [-0.2, 0) is 0 Å². The smallest absolute Gasteiger partial charge is 0.151 e. The Bertz CT molecular complexity index is 114. The van der Waals surface area contributed by atoms with Gasteiger partial charge >= 0.3 is 0 Å². The van der Waals surface area contributed by atoms with Gasteiger partial charge in [0.1, 0.15) is 0 Å². The molecular formula is C8H18N2O2. The first-order valence-corrected chi connectivity index (χ1v) is 4.58. The van der Waals surface area contributed by atoms with E-state index in [4.69, 9.17) is 10.2 Å². The maximum absolute atomic E-state index is 8.61. The average molecular weight is 174 g/mol. The van der Waals surface area contributed by atoms with Gasteiger partial charge < -0.3 is 20.4 Å². The van der Waals surface area contributed by atoms with E-state index in [-0.39, 0.29) is 0 Å². The molecule has 1 heterocycles. The van der Waals surface area contributed by atoms with Gasteiger partial charge in [0.2, 0.25) is 0 Å². The van der Waals surface area contributed by atoms with Gasteiger partial charge in [0, 0.05) is 26.2 Å². The Kier molecular flexibility index (Phi) is 4.53. The lowest BCUT2D eigenvalue weighted by molar-refractivity contribution is -0.0475. The van der Waals surface area contributed by atoms with Crippen LogP contribution < -0.4 is 5.32 Å². The highest BCUT2D eigenvalue weighted by molar-refractivity contribution is 4.67. The number of hydrogen-bond acceptors (Lipinski definition) is 4. The Morgan fingerprint density at radius 3 is 2.50 bits per heavy atom. The third-order valence-corrected chi connectivity index (χ3v) is 2.15. The van der Waals surface area contributed by atoms with Crippen molar-refractivity contribution < 1.29 is 10.2 Å². The van der Waals surface area contributed by atoms with E-state index in [0.717, 1.165) is 39.1 Å².